The van der Waals surface area contributed by atoms with E-state index in [1.54, 1.807) is 6.20 Å². The fourth-order valence-electron chi connectivity index (χ4n) is 0.727. The van der Waals surface area contributed by atoms with Gasteiger partial charge in [0.05, 0.1) is 12.4 Å². The number of nitrogens with zero attached hydrogens (tertiary/aromatic N) is 2. The largest absolute Gasteiger partial charge is 0.266 e. The van der Waals surface area contributed by atoms with E-state index < -0.39 is 6.08 Å². The summed E-state index contributed by atoms with van der Waals surface area (Å²) in [7, 11) is 0. The van der Waals surface area contributed by atoms with Gasteiger partial charge in [0.15, 0.2) is 0 Å². The molecule has 0 aromatic carbocycles. The summed E-state index contributed by atoms with van der Waals surface area (Å²) in [6.45, 7) is 0. The summed E-state index contributed by atoms with van der Waals surface area (Å²) < 4.78 is 23.3. The highest BCUT2D eigenvalue weighted by molar-refractivity contribution is 7.99. The molecule has 6 heteroatoms. The zero-order valence-corrected chi connectivity index (χ0v) is 8.66. The molecule has 0 aliphatic heterocycles. The normalized spacial score (nSPS) is 9.93. The average Bonchev–Trinajstić information content (AvgIpc) is 2.12. The summed E-state index contributed by atoms with van der Waals surface area (Å²) in [5, 5.41) is 0.951. The van der Waals surface area contributed by atoms with E-state index in [0.29, 0.717) is 22.4 Å². The molecule has 0 unspecified atom stereocenters. The van der Waals surface area contributed by atoms with Crippen LogP contribution in [0.5, 0.6) is 0 Å². The van der Waals surface area contributed by atoms with Gasteiger partial charge in [-0.25, -0.2) is 4.98 Å². The van der Waals surface area contributed by atoms with Crippen molar-refractivity contribution in [1.29, 1.82) is 0 Å². The Morgan fingerprint density at radius 3 is 2.93 bits per heavy atom. The Hall–Kier alpha value is -0.680. The van der Waals surface area contributed by atoms with Gasteiger partial charge < -0.3 is 0 Å². The summed E-state index contributed by atoms with van der Waals surface area (Å²) in [6, 6.07) is 0. The average molecular weight is 237 g/mol. The quantitative estimate of drug-likeness (QED) is 0.592. The molecule has 0 fully saturated rings. The molecule has 2 nitrogen and oxygen atoms in total. The monoisotopic (exact) mass is 236 g/mol. The Labute approximate surface area is 89.4 Å². The number of hydrogen-bond donors (Lipinski definition) is 0. The summed E-state index contributed by atoms with van der Waals surface area (Å²) in [6.07, 6.45) is 2.51. The molecule has 0 amide bonds. The molecular weight excluding hydrogens is 230 g/mol. The van der Waals surface area contributed by atoms with Crippen LogP contribution in [-0.4, -0.2) is 15.7 Å². The number of thioether (sulfide) groups is 1. The first-order valence-electron chi connectivity index (χ1n) is 3.80. The van der Waals surface area contributed by atoms with E-state index in [2.05, 4.69) is 9.97 Å². The van der Waals surface area contributed by atoms with Crippen molar-refractivity contribution in [2.45, 2.75) is 11.4 Å². The lowest BCUT2D eigenvalue weighted by molar-refractivity contribution is 0.418. The van der Waals surface area contributed by atoms with E-state index in [1.165, 1.54) is 18.0 Å². The third-order valence-corrected chi connectivity index (χ3v) is 2.36. The Morgan fingerprint density at radius 1 is 1.50 bits per heavy atom. The number of aromatic nitrogens is 2. The van der Waals surface area contributed by atoms with Crippen LogP contribution in [0.15, 0.2) is 29.6 Å². The van der Waals surface area contributed by atoms with Crippen LogP contribution in [0.4, 0.5) is 8.78 Å². The van der Waals surface area contributed by atoms with Crippen LogP contribution in [0.2, 0.25) is 5.15 Å². The standard InChI is InChI=1S/C8H7ClF2N2S/c9-6-4-12-5-8(13-6)14-3-1-2-7(10)11/h2,4-5H,1,3H2. The minimum absolute atomic E-state index is 0.307. The number of rotatable bonds is 4. The third kappa shape index (κ3) is 4.53. The van der Waals surface area contributed by atoms with Crippen molar-refractivity contribution in [2.24, 2.45) is 0 Å². The van der Waals surface area contributed by atoms with E-state index in [1.807, 2.05) is 0 Å². The van der Waals surface area contributed by atoms with Gasteiger partial charge in [-0.1, -0.05) is 11.6 Å². The van der Waals surface area contributed by atoms with Gasteiger partial charge >= 0.3 is 0 Å². The zero-order chi connectivity index (χ0) is 10.4. The van der Waals surface area contributed by atoms with Crippen molar-refractivity contribution >= 4 is 23.4 Å². The Morgan fingerprint density at radius 2 is 2.29 bits per heavy atom. The van der Waals surface area contributed by atoms with Gasteiger partial charge in [0, 0.05) is 5.75 Å². The molecule has 0 saturated heterocycles. The predicted octanol–water partition coefficient (Wildman–Crippen LogP) is 3.39. The van der Waals surface area contributed by atoms with E-state index >= 15 is 0 Å². The maximum absolute atomic E-state index is 11.6. The summed E-state index contributed by atoms with van der Waals surface area (Å²) >= 11 is 6.93. The SMILES string of the molecule is FC(F)=CCCSc1cncc(Cl)n1. The van der Waals surface area contributed by atoms with Crippen molar-refractivity contribution in [3.8, 4) is 0 Å². The second kappa shape index (κ2) is 5.93. The predicted molar refractivity (Wildman–Crippen MR) is 52.7 cm³/mol. The van der Waals surface area contributed by atoms with E-state index in [4.69, 9.17) is 11.6 Å². The minimum Gasteiger partial charge on any atom is -0.259 e. The van der Waals surface area contributed by atoms with Crippen LogP contribution < -0.4 is 0 Å². The second-order valence-corrected chi connectivity index (χ2v) is 3.81. The van der Waals surface area contributed by atoms with Crippen molar-refractivity contribution in [3.05, 3.63) is 29.7 Å². The van der Waals surface area contributed by atoms with Crippen LogP contribution in [0.1, 0.15) is 6.42 Å². The molecule has 0 saturated carbocycles. The van der Waals surface area contributed by atoms with E-state index in [0.717, 1.165) is 6.08 Å². The van der Waals surface area contributed by atoms with Gasteiger partial charge in [0.25, 0.3) is 6.08 Å². The van der Waals surface area contributed by atoms with Crippen LogP contribution in [0.3, 0.4) is 0 Å². The first-order chi connectivity index (χ1) is 6.68. The molecule has 0 spiro atoms. The third-order valence-electron chi connectivity index (χ3n) is 1.25. The van der Waals surface area contributed by atoms with Gasteiger partial charge in [-0.3, -0.25) is 4.98 Å². The van der Waals surface area contributed by atoms with Crippen molar-refractivity contribution in [3.63, 3.8) is 0 Å². The van der Waals surface area contributed by atoms with E-state index in [9.17, 15) is 8.78 Å². The van der Waals surface area contributed by atoms with Crippen molar-refractivity contribution in [1.82, 2.24) is 9.97 Å². The van der Waals surface area contributed by atoms with Gasteiger partial charge in [0.2, 0.25) is 0 Å². The molecule has 1 aromatic heterocycles. The van der Waals surface area contributed by atoms with Crippen molar-refractivity contribution in [2.75, 3.05) is 5.75 Å². The second-order valence-electron chi connectivity index (χ2n) is 2.31. The lowest BCUT2D eigenvalue weighted by Crippen LogP contribution is -1.84. The zero-order valence-electron chi connectivity index (χ0n) is 7.08. The maximum Gasteiger partial charge on any atom is 0.266 e. The topological polar surface area (TPSA) is 25.8 Å². The molecular formula is C8H7ClF2N2S. The summed E-state index contributed by atoms with van der Waals surface area (Å²) in [4.78, 5) is 7.77. The summed E-state index contributed by atoms with van der Waals surface area (Å²) in [5.41, 5.74) is 0. The van der Waals surface area contributed by atoms with Crippen LogP contribution in [0.25, 0.3) is 0 Å². The van der Waals surface area contributed by atoms with Gasteiger partial charge in [-0.2, -0.15) is 8.78 Å². The number of allylic oxidation sites excluding steroid dienone is 1. The Balaban J connectivity index is 2.35. The lowest BCUT2D eigenvalue weighted by Gasteiger charge is -1.97. The number of halogens is 3. The molecule has 1 rings (SSSR count). The van der Waals surface area contributed by atoms with Crippen LogP contribution >= 0.6 is 23.4 Å². The van der Waals surface area contributed by atoms with Gasteiger partial charge in [-0.05, 0) is 12.5 Å². The van der Waals surface area contributed by atoms with Crippen LogP contribution in [-0.2, 0) is 0 Å². The van der Waals surface area contributed by atoms with Gasteiger partial charge in [0.1, 0.15) is 10.2 Å². The molecule has 1 aromatic rings. The first-order valence-corrected chi connectivity index (χ1v) is 5.16. The number of hydrogen-bond acceptors (Lipinski definition) is 3. The molecule has 0 N–H and O–H groups in total. The summed E-state index contributed by atoms with van der Waals surface area (Å²) in [5.74, 6) is 0.534. The maximum atomic E-state index is 11.6. The smallest absolute Gasteiger partial charge is 0.259 e. The lowest BCUT2D eigenvalue weighted by atomic mass is 10.5. The molecule has 1 heterocycles. The Bertz CT molecular complexity index is 329. The molecule has 0 bridgehead atoms. The highest BCUT2D eigenvalue weighted by atomic mass is 35.5. The fourth-order valence-corrected chi connectivity index (χ4v) is 1.67. The van der Waals surface area contributed by atoms with E-state index in [-0.39, 0.29) is 0 Å². The molecule has 76 valence electrons. The minimum atomic E-state index is -1.65. The molecule has 14 heavy (non-hydrogen) atoms. The van der Waals surface area contributed by atoms with Crippen LogP contribution in [0, 0.1) is 0 Å². The molecule has 0 atom stereocenters. The van der Waals surface area contributed by atoms with Gasteiger partial charge in [-0.15, -0.1) is 11.8 Å². The first kappa shape index (κ1) is 11.4. The fraction of sp³-hybridized carbons (Fsp3) is 0.250. The highest BCUT2D eigenvalue weighted by Gasteiger charge is 1.97. The molecule has 0 aliphatic carbocycles. The Kier molecular flexibility index (Phi) is 4.82. The molecule has 0 aliphatic rings. The highest BCUT2D eigenvalue weighted by Crippen LogP contribution is 2.17. The van der Waals surface area contributed by atoms with Crippen molar-refractivity contribution < 1.29 is 8.78 Å². The molecule has 0 radical (unpaired) electrons.